The van der Waals surface area contributed by atoms with E-state index < -0.39 is 11.6 Å². The molecule has 1 unspecified atom stereocenters. The third kappa shape index (κ3) is 4.89. The number of aromatic nitrogens is 3. The van der Waals surface area contributed by atoms with Crippen molar-refractivity contribution >= 4 is 29.2 Å². The zero-order chi connectivity index (χ0) is 22.9. The molecule has 6 rings (SSSR count). The lowest BCUT2D eigenvalue weighted by Crippen LogP contribution is -3.00. The van der Waals surface area contributed by atoms with Crippen molar-refractivity contribution in [1.29, 1.82) is 0 Å². The van der Waals surface area contributed by atoms with E-state index in [0.717, 1.165) is 51.6 Å². The van der Waals surface area contributed by atoms with Crippen LogP contribution >= 0.6 is 11.3 Å². The lowest BCUT2D eigenvalue weighted by molar-refractivity contribution is -0.939. The fraction of sp³-hybridized carbons (Fsp3) is 0.609. The first kappa shape index (κ1) is 25.2. The molecule has 0 aromatic carbocycles. The molecule has 1 saturated carbocycles. The molecule has 1 aliphatic carbocycles. The number of nitrogens with one attached hydrogen (secondary N) is 1. The second kappa shape index (κ2) is 10.3. The minimum atomic E-state index is -1.59. The number of anilines is 1. The van der Waals surface area contributed by atoms with Gasteiger partial charge >= 0.3 is 5.97 Å². The quantitative estimate of drug-likeness (QED) is 0.338. The molecule has 2 atom stereocenters. The monoisotopic (exact) mass is 551 g/mol. The van der Waals surface area contributed by atoms with Crippen LogP contribution in [0.4, 0.5) is 5.95 Å². The van der Waals surface area contributed by atoms with Gasteiger partial charge in [-0.2, -0.15) is 11.3 Å². The molecule has 9 nitrogen and oxygen atoms in total. The summed E-state index contributed by atoms with van der Waals surface area (Å²) in [7, 11) is 0. The highest BCUT2D eigenvalue weighted by molar-refractivity contribution is 7.08. The van der Waals surface area contributed by atoms with E-state index in [2.05, 4.69) is 20.3 Å². The summed E-state index contributed by atoms with van der Waals surface area (Å²) in [6.07, 6.45) is 7.89. The number of esters is 1. The SMILES string of the molecule is O=C(C[N+]12CCC(CC1)C(OC(=O)[C@](O)(c1ccsc1)C1CCCC1)C2)Nc1ncncn1.[Br-]. The first-order valence-electron chi connectivity index (χ1n) is 11.7. The average Bonchev–Trinajstić information content (AvgIpc) is 3.54. The van der Waals surface area contributed by atoms with E-state index in [1.807, 2.05) is 16.8 Å². The van der Waals surface area contributed by atoms with Gasteiger partial charge in [-0.05, 0) is 29.7 Å². The second-order valence-corrected chi connectivity index (χ2v) is 10.5. The van der Waals surface area contributed by atoms with Crippen LogP contribution < -0.4 is 22.3 Å². The molecule has 0 radical (unpaired) electrons. The zero-order valence-electron chi connectivity index (χ0n) is 18.9. The number of carbonyl (C=O) groups is 2. The van der Waals surface area contributed by atoms with Gasteiger partial charge in [0.2, 0.25) is 5.95 Å². The summed E-state index contributed by atoms with van der Waals surface area (Å²) in [6.45, 7) is 2.62. The minimum absolute atomic E-state index is 0. The van der Waals surface area contributed by atoms with E-state index in [0.29, 0.717) is 16.6 Å². The largest absolute Gasteiger partial charge is 1.00 e. The van der Waals surface area contributed by atoms with Crippen LogP contribution in [0, 0.1) is 11.8 Å². The molecule has 0 spiro atoms. The molecule has 34 heavy (non-hydrogen) atoms. The van der Waals surface area contributed by atoms with Crippen molar-refractivity contribution in [3.8, 4) is 0 Å². The van der Waals surface area contributed by atoms with E-state index in [9.17, 15) is 14.7 Å². The van der Waals surface area contributed by atoms with Crippen LogP contribution in [-0.4, -0.2) is 68.7 Å². The third-order valence-electron chi connectivity index (χ3n) is 7.74. The normalized spacial score (nSPS) is 28.0. The summed E-state index contributed by atoms with van der Waals surface area (Å²) in [5.41, 5.74) is -0.949. The fourth-order valence-corrected chi connectivity index (χ4v) is 6.63. The molecule has 1 amide bonds. The summed E-state index contributed by atoms with van der Waals surface area (Å²) in [5.74, 6) is -0.294. The number of thiophene rings is 1. The topological polar surface area (TPSA) is 114 Å². The molecule has 3 saturated heterocycles. The third-order valence-corrected chi connectivity index (χ3v) is 8.43. The van der Waals surface area contributed by atoms with E-state index in [1.165, 1.54) is 24.0 Å². The van der Waals surface area contributed by atoms with Gasteiger partial charge < -0.3 is 31.3 Å². The van der Waals surface area contributed by atoms with Gasteiger partial charge in [0.15, 0.2) is 18.2 Å². The van der Waals surface area contributed by atoms with E-state index >= 15 is 0 Å². The number of carbonyl (C=O) groups excluding carboxylic acids is 2. The molecular formula is C23H30BrN5O4S. The first-order valence-corrected chi connectivity index (χ1v) is 12.7. The Bertz CT molecular complexity index is 981. The highest BCUT2D eigenvalue weighted by Crippen LogP contribution is 2.43. The number of hydrogen-bond donors (Lipinski definition) is 2. The molecule has 2 aromatic heterocycles. The van der Waals surface area contributed by atoms with Crippen molar-refractivity contribution < 1.29 is 40.9 Å². The van der Waals surface area contributed by atoms with Crippen LogP contribution in [0.15, 0.2) is 29.5 Å². The number of hydrogen-bond acceptors (Lipinski definition) is 8. The van der Waals surface area contributed by atoms with Gasteiger partial charge in [-0.25, -0.2) is 19.7 Å². The minimum Gasteiger partial charge on any atom is -1.00 e. The van der Waals surface area contributed by atoms with Crippen molar-refractivity contribution in [2.45, 2.75) is 50.2 Å². The summed E-state index contributed by atoms with van der Waals surface area (Å²) >= 11 is 1.48. The van der Waals surface area contributed by atoms with Crippen LogP contribution in [0.1, 0.15) is 44.1 Å². The van der Waals surface area contributed by atoms with Crippen molar-refractivity contribution in [2.75, 3.05) is 31.5 Å². The Labute approximate surface area is 213 Å². The Morgan fingerprint density at radius 1 is 1.18 bits per heavy atom. The molecule has 3 aliphatic heterocycles. The molecule has 11 heteroatoms. The van der Waals surface area contributed by atoms with Gasteiger partial charge in [0.1, 0.15) is 19.2 Å². The number of piperidine rings is 3. The van der Waals surface area contributed by atoms with Gasteiger partial charge in [0.25, 0.3) is 5.91 Å². The summed E-state index contributed by atoms with van der Waals surface area (Å²) in [6, 6.07) is 1.83. The van der Waals surface area contributed by atoms with Crippen LogP contribution in [0.2, 0.25) is 0 Å². The highest BCUT2D eigenvalue weighted by atomic mass is 79.9. The van der Waals surface area contributed by atoms with Crippen LogP contribution in [0.5, 0.6) is 0 Å². The van der Waals surface area contributed by atoms with Crippen molar-refractivity contribution in [3.63, 3.8) is 0 Å². The molecular weight excluding hydrogens is 522 g/mol. The van der Waals surface area contributed by atoms with E-state index in [1.54, 1.807) is 0 Å². The predicted octanol–water partition coefficient (Wildman–Crippen LogP) is -0.894. The summed E-state index contributed by atoms with van der Waals surface area (Å²) in [4.78, 5) is 37.9. The smallest absolute Gasteiger partial charge is 0.343 e. The first-order chi connectivity index (χ1) is 16.0. The Kier molecular flexibility index (Phi) is 7.66. The molecule has 4 aliphatic rings. The average molecular weight is 552 g/mol. The Morgan fingerprint density at radius 2 is 1.88 bits per heavy atom. The molecule has 5 heterocycles. The molecule has 4 fully saturated rings. The second-order valence-electron chi connectivity index (χ2n) is 9.68. The van der Waals surface area contributed by atoms with Crippen LogP contribution in [-0.2, 0) is 19.9 Å². The number of amides is 1. The zero-order valence-corrected chi connectivity index (χ0v) is 21.3. The summed E-state index contributed by atoms with van der Waals surface area (Å²) in [5, 5.41) is 18.1. The lowest BCUT2D eigenvalue weighted by Gasteiger charge is -2.51. The van der Waals surface area contributed by atoms with Gasteiger partial charge in [-0.3, -0.25) is 10.1 Å². The number of aliphatic hydroxyl groups is 1. The highest BCUT2D eigenvalue weighted by Gasteiger charge is 2.53. The van der Waals surface area contributed by atoms with Crippen molar-refractivity contribution in [3.05, 3.63) is 35.0 Å². The Balaban J connectivity index is 0.00000274. The number of rotatable bonds is 7. The number of ether oxygens (including phenoxy) is 1. The number of quaternary nitrogens is 1. The Morgan fingerprint density at radius 3 is 2.53 bits per heavy atom. The number of halogens is 1. The van der Waals surface area contributed by atoms with Crippen LogP contribution in [0.3, 0.4) is 0 Å². The number of nitrogens with zero attached hydrogens (tertiary/aromatic N) is 4. The summed E-state index contributed by atoms with van der Waals surface area (Å²) < 4.78 is 6.66. The Hall–Kier alpha value is -1.95. The molecule has 2 aromatic rings. The fourth-order valence-electron chi connectivity index (χ4n) is 5.92. The van der Waals surface area contributed by atoms with Crippen LogP contribution in [0.25, 0.3) is 0 Å². The molecule has 2 bridgehead atoms. The van der Waals surface area contributed by atoms with Gasteiger partial charge in [0, 0.05) is 30.2 Å². The molecule has 184 valence electrons. The maximum absolute atomic E-state index is 13.5. The predicted molar refractivity (Wildman–Crippen MR) is 121 cm³/mol. The van der Waals surface area contributed by atoms with Gasteiger partial charge in [-0.1, -0.05) is 12.8 Å². The van der Waals surface area contributed by atoms with E-state index in [-0.39, 0.29) is 53.3 Å². The maximum Gasteiger partial charge on any atom is 0.343 e. The van der Waals surface area contributed by atoms with E-state index in [4.69, 9.17) is 4.74 Å². The van der Waals surface area contributed by atoms with Crippen molar-refractivity contribution in [2.24, 2.45) is 11.8 Å². The number of fused-ring (bicyclic) bond motifs is 3. The maximum atomic E-state index is 13.5. The van der Waals surface area contributed by atoms with Crippen molar-refractivity contribution in [1.82, 2.24) is 15.0 Å². The van der Waals surface area contributed by atoms with Gasteiger partial charge in [0.05, 0.1) is 13.1 Å². The molecule has 2 N–H and O–H groups in total. The lowest BCUT2D eigenvalue weighted by atomic mass is 9.80. The van der Waals surface area contributed by atoms with Gasteiger partial charge in [-0.15, -0.1) is 0 Å². The standard InChI is InChI=1S/C23H29N5O4S.BrH/c29-20(27-22-25-14-24-15-26-22)12-28-8-5-16(6-9-28)19(11-28)32-21(30)23(31,17-3-1-2-4-17)18-7-10-33-13-18;/h7,10,13-17,19,31H,1-6,8-9,11-12H2;1H/t16?,19?,23-,28?;/m1./s1.